The molecule has 1 fully saturated rings. The molecule has 0 bridgehead atoms. The number of oxime groups is 1. The molecular formula is C56H60N9O8S3+. The molecule has 2 unspecified atom stereocenters. The Kier molecular flexibility index (Phi) is 15.8. The first-order valence-electron chi connectivity index (χ1n) is 24.8. The molecule has 6 N–H and O–H groups in total. The van der Waals surface area contributed by atoms with Crippen molar-refractivity contribution < 1.29 is 42.9 Å². The summed E-state index contributed by atoms with van der Waals surface area (Å²) >= 11 is 3.92. The van der Waals surface area contributed by atoms with Crippen LogP contribution in [0.5, 0.6) is 5.75 Å². The minimum absolute atomic E-state index is 0.0695. The molecule has 394 valence electrons. The van der Waals surface area contributed by atoms with Crippen molar-refractivity contribution >= 4 is 75.3 Å². The molecule has 4 aromatic carbocycles. The third-order valence-electron chi connectivity index (χ3n) is 13.0. The molecule has 2 aliphatic heterocycles. The van der Waals surface area contributed by atoms with Gasteiger partial charge in [0.05, 0.1) is 12.7 Å². The summed E-state index contributed by atoms with van der Waals surface area (Å²) in [6.45, 7) is 8.08. The molecule has 1 aliphatic carbocycles. The van der Waals surface area contributed by atoms with Crippen molar-refractivity contribution in [1.29, 1.82) is 0 Å². The fourth-order valence-corrected chi connectivity index (χ4v) is 12.3. The summed E-state index contributed by atoms with van der Waals surface area (Å²) in [5, 5.41) is 12.8. The number of β-lactam (4-membered cyclic amide) rings is 1. The van der Waals surface area contributed by atoms with Crippen molar-refractivity contribution in [3.05, 3.63) is 171 Å². The van der Waals surface area contributed by atoms with Gasteiger partial charge in [0.2, 0.25) is 11.4 Å². The molecular weight excluding hydrogens is 1020 g/mol. The molecule has 0 radical (unpaired) electrons. The maximum absolute atomic E-state index is 14.8. The van der Waals surface area contributed by atoms with E-state index in [2.05, 4.69) is 20.8 Å². The number of nitrogen functional groups attached to an aromatic ring is 2. The highest BCUT2D eigenvalue weighted by Gasteiger charge is 2.55. The fraction of sp³-hybridized carbons (Fsp3) is 0.321. The number of thiazole rings is 1. The largest absolute Gasteiger partial charge is 0.497 e. The van der Waals surface area contributed by atoms with E-state index >= 15 is 0 Å². The van der Waals surface area contributed by atoms with E-state index in [1.54, 1.807) is 62.2 Å². The number of esters is 2. The van der Waals surface area contributed by atoms with Crippen LogP contribution in [0, 0.1) is 0 Å². The summed E-state index contributed by atoms with van der Waals surface area (Å²) in [6, 6.07) is 35.9. The number of thioether (sulfide) groups is 2. The lowest BCUT2D eigenvalue weighted by molar-refractivity contribution is -0.690. The fourth-order valence-electron chi connectivity index (χ4n) is 9.14. The van der Waals surface area contributed by atoms with Gasteiger partial charge < -0.3 is 35.4 Å². The van der Waals surface area contributed by atoms with E-state index < -0.39 is 51.9 Å². The van der Waals surface area contributed by atoms with Crippen LogP contribution in [0.2, 0.25) is 0 Å². The number of methoxy groups -OCH3 is 1. The molecule has 20 heteroatoms. The molecule has 2 atom stereocenters. The van der Waals surface area contributed by atoms with E-state index in [0.717, 1.165) is 53.6 Å². The van der Waals surface area contributed by atoms with Crippen molar-refractivity contribution in [1.82, 2.24) is 20.2 Å². The number of nitrogens with two attached hydrogens (primary N) is 2. The van der Waals surface area contributed by atoms with E-state index in [1.807, 2.05) is 91.0 Å². The summed E-state index contributed by atoms with van der Waals surface area (Å²) in [7, 11) is 1.57. The Bertz CT molecular complexity index is 3090. The van der Waals surface area contributed by atoms with Crippen LogP contribution in [-0.4, -0.2) is 85.6 Å². The summed E-state index contributed by atoms with van der Waals surface area (Å²) < 4.78 is 18.4. The predicted molar refractivity (Wildman–Crippen MR) is 294 cm³/mol. The predicted octanol–water partition coefficient (Wildman–Crippen LogP) is 7.44. The molecule has 2 aromatic heterocycles. The van der Waals surface area contributed by atoms with E-state index in [-0.39, 0.29) is 29.5 Å². The van der Waals surface area contributed by atoms with Gasteiger partial charge in [0.15, 0.2) is 10.8 Å². The van der Waals surface area contributed by atoms with Crippen LogP contribution in [0.25, 0.3) is 0 Å². The van der Waals surface area contributed by atoms with Crippen LogP contribution in [0.15, 0.2) is 142 Å². The number of fused-ring (bicyclic) bond motifs is 2. The van der Waals surface area contributed by atoms with Gasteiger partial charge >= 0.3 is 17.1 Å². The van der Waals surface area contributed by atoms with Crippen LogP contribution < -0.4 is 31.6 Å². The van der Waals surface area contributed by atoms with E-state index in [9.17, 15) is 19.2 Å². The standard InChI is InChI=1S/C56H59N9O8S3/c1-54(2,3)72-51(69)55(4,5)73-63-43(41-33-75-52(59-41)62-56(36-18-10-7-11-19-36,37-20-12-8-13-21-37)38-22-14-9-15-23-38)47(66)60-44-48(67)64-45(50(68)71-30-34-26-28-39(70-6)29-27-34)35(31-74-49(44)64)32-76-53-61-46(57)40-24-16-17-25-42(40)65(53)58/h7-15,18-23,26-29,33,44,49,57H,16-17,24-25,30-32,58H2,1-6H3,(H2,59,60,62,66)/p+1/b63-43-. The number of ether oxygens (including phenoxy) is 3. The smallest absolute Gasteiger partial charge is 0.385 e. The van der Waals surface area contributed by atoms with Crippen LogP contribution in [0.1, 0.15) is 86.7 Å². The first kappa shape index (κ1) is 53.4. The first-order chi connectivity index (χ1) is 36.5. The number of nitrogens with one attached hydrogen (secondary N) is 2. The second kappa shape index (κ2) is 22.4. The summed E-state index contributed by atoms with van der Waals surface area (Å²) in [4.78, 5) is 74.0. The zero-order chi connectivity index (χ0) is 53.8. The average Bonchev–Trinajstić information content (AvgIpc) is 3.93. The van der Waals surface area contributed by atoms with Gasteiger partial charge in [-0.2, -0.15) is 0 Å². The van der Waals surface area contributed by atoms with Gasteiger partial charge in [0, 0.05) is 23.3 Å². The molecule has 0 saturated carbocycles. The lowest BCUT2D eigenvalue weighted by Gasteiger charge is -2.49. The van der Waals surface area contributed by atoms with Crippen LogP contribution in [-0.2, 0) is 58.5 Å². The Balaban J connectivity index is 1.02. The monoisotopic (exact) mass is 1080 g/mol. The average molecular weight is 1080 g/mol. The number of rotatable bonds is 18. The van der Waals surface area contributed by atoms with Gasteiger partial charge in [-0.25, -0.2) is 14.6 Å². The van der Waals surface area contributed by atoms with Crippen molar-refractivity contribution in [2.75, 3.05) is 35.5 Å². The molecule has 6 aromatic rings. The Labute approximate surface area is 453 Å². The highest BCUT2D eigenvalue weighted by Crippen LogP contribution is 2.43. The number of carbonyl (C=O) groups is 4. The molecule has 0 spiro atoms. The molecule has 1 saturated heterocycles. The zero-order valence-electron chi connectivity index (χ0n) is 43.0. The minimum Gasteiger partial charge on any atom is -0.497 e. The van der Waals surface area contributed by atoms with Crippen LogP contribution in [0.3, 0.4) is 0 Å². The van der Waals surface area contributed by atoms with Crippen molar-refractivity contribution in [3.63, 3.8) is 0 Å². The maximum Gasteiger partial charge on any atom is 0.385 e. The van der Waals surface area contributed by atoms with Gasteiger partial charge in [-0.05, 0) is 111 Å². The van der Waals surface area contributed by atoms with E-state index in [0.29, 0.717) is 38.7 Å². The molecule has 76 heavy (non-hydrogen) atoms. The molecule has 2 amide bonds. The number of anilines is 2. The van der Waals surface area contributed by atoms with Gasteiger partial charge in [0.1, 0.15) is 52.0 Å². The normalized spacial score (nSPS) is 16.7. The van der Waals surface area contributed by atoms with Gasteiger partial charge in [-0.3, -0.25) is 20.3 Å². The number of aromatic nitrogens is 3. The van der Waals surface area contributed by atoms with Crippen molar-refractivity contribution in [3.8, 4) is 5.75 Å². The number of carbonyl (C=O) groups excluding carboxylic acids is 4. The van der Waals surface area contributed by atoms with Gasteiger partial charge in [-0.1, -0.05) is 108 Å². The SMILES string of the molecule is COc1ccc(COC(=O)C2=C(CSc3nc(N)c4c([n+]3N)CCCC4)CSC3C(NC(=O)/C(=N\OC(C)(C)C(=O)OC(C)(C)C)c4csc(NC(c5ccccc5)(c5ccccc5)c5ccccc5)n4)C(=O)N23)cc1. The lowest BCUT2D eigenvalue weighted by Crippen LogP contribution is -2.71. The lowest BCUT2D eigenvalue weighted by atomic mass is 9.77. The molecule has 9 rings (SSSR count). The third-order valence-corrected chi connectivity index (χ3v) is 16.2. The topological polar surface area (TPSA) is 227 Å². The summed E-state index contributed by atoms with van der Waals surface area (Å²) in [5.41, 5.74) is 8.82. The van der Waals surface area contributed by atoms with Gasteiger partial charge in [0.25, 0.3) is 11.8 Å². The Morgan fingerprint density at radius 2 is 1.49 bits per heavy atom. The number of hydrogen-bond acceptors (Lipinski definition) is 17. The Hall–Kier alpha value is -7.42. The van der Waals surface area contributed by atoms with Crippen molar-refractivity contribution in [2.45, 2.75) is 100 Å². The third kappa shape index (κ3) is 11.2. The van der Waals surface area contributed by atoms with Crippen LogP contribution >= 0.6 is 34.9 Å². The van der Waals surface area contributed by atoms with E-state index in [4.69, 9.17) is 35.6 Å². The quantitative estimate of drug-likeness (QED) is 0.00755. The number of benzene rings is 4. The number of hydrogen-bond donors (Lipinski definition) is 4. The maximum atomic E-state index is 14.8. The summed E-state index contributed by atoms with van der Waals surface area (Å²) in [6.07, 6.45) is 3.54. The van der Waals surface area contributed by atoms with Crippen molar-refractivity contribution in [2.24, 2.45) is 5.16 Å². The summed E-state index contributed by atoms with van der Waals surface area (Å²) in [5.74, 6) is 5.42. The first-order valence-corrected chi connectivity index (χ1v) is 27.7. The minimum atomic E-state index is -1.66. The highest BCUT2D eigenvalue weighted by atomic mass is 32.2. The Morgan fingerprint density at radius 1 is 0.868 bits per heavy atom. The molecule has 17 nitrogen and oxygen atoms in total. The van der Waals surface area contributed by atoms with Gasteiger partial charge in [-0.15, -0.1) is 27.8 Å². The van der Waals surface area contributed by atoms with Crippen LogP contribution in [0.4, 0.5) is 10.9 Å². The number of amides is 2. The second-order valence-electron chi connectivity index (χ2n) is 19.9. The molecule has 3 aliphatic rings. The highest BCUT2D eigenvalue weighted by molar-refractivity contribution is 8.01. The molecule has 4 heterocycles. The number of nitrogens with zero attached hydrogens (tertiary/aromatic N) is 5. The zero-order valence-corrected chi connectivity index (χ0v) is 45.5. The van der Waals surface area contributed by atoms with E-state index in [1.165, 1.54) is 53.6 Å². The second-order valence-corrected chi connectivity index (χ2v) is 22.8. The Morgan fingerprint density at radius 3 is 2.09 bits per heavy atom.